The molecule has 108 valence electrons. The van der Waals surface area contributed by atoms with Crippen LogP contribution in [0.3, 0.4) is 0 Å². The number of rotatable bonds is 3. The minimum Gasteiger partial charge on any atom is -0.481 e. The first-order valence-corrected chi connectivity index (χ1v) is 6.89. The lowest BCUT2D eigenvalue weighted by Crippen LogP contribution is -2.53. The number of carboxylic acids is 1. The molecule has 0 spiro atoms. The zero-order chi connectivity index (χ0) is 14.0. The molecule has 0 aromatic heterocycles. The number of aliphatic hydroxyl groups is 1. The van der Waals surface area contributed by atoms with Gasteiger partial charge in [0.15, 0.2) is 0 Å². The Kier molecular flexibility index (Phi) is 3.99. The molecule has 1 saturated carbocycles. The summed E-state index contributed by atoms with van der Waals surface area (Å²) in [6.07, 6.45) is 2.45. The second kappa shape index (κ2) is 5.36. The second-order valence-electron chi connectivity index (χ2n) is 5.88. The van der Waals surface area contributed by atoms with Gasteiger partial charge in [-0.15, -0.1) is 0 Å². The van der Waals surface area contributed by atoms with Crippen molar-refractivity contribution in [2.45, 2.75) is 38.7 Å². The number of nitrogens with zero attached hydrogens (tertiary/aromatic N) is 1. The lowest BCUT2D eigenvalue weighted by Gasteiger charge is -2.39. The highest BCUT2D eigenvalue weighted by molar-refractivity contribution is 5.79. The number of amides is 2. The number of hydrogen-bond donors (Lipinski definition) is 3. The first kappa shape index (κ1) is 14.1. The van der Waals surface area contributed by atoms with Gasteiger partial charge in [0.05, 0.1) is 11.5 Å². The normalized spacial score (nSPS) is 29.5. The lowest BCUT2D eigenvalue weighted by molar-refractivity contribution is -0.153. The molecule has 2 unspecified atom stereocenters. The summed E-state index contributed by atoms with van der Waals surface area (Å²) in [6, 6.07) is -0.265. The number of carbonyl (C=O) groups excluding carboxylic acids is 1. The van der Waals surface area contributed by atoms with E-state index >= 15 is 0 Å². The van der Waals surface area contributed by atoms with Crippen LogP contribution in [0, 0.1) is 11.3 Å². The summed E-state index contributed by atoms with van der Waals surface area (Å²) < 4.78 is 0. The van der Waals surface area contributed by atoms with Gasteiger partial charge in [-0.2, -0.15) is 0 Å². The monoisotopic (exact) mass is 270 g/mol. The molecule has 2 rings (SSSR count). The molecule has 6 heteroatoms. The van der Waals surface area contributed by atoms with Gasteiger partial charge in [-0.25, -0.2) is 4.79 Å². The lowest BCUT2D eigenvalue weighted by atomic mass is 9.69. The van der Waals surface area contributed by atoms with E-state index in [-0.39, 0.29) is 18.5 Å². The summed E-state index contributed by atoms with van der Waals surface area (Å²) in [7, 11) is 0. The fourth-order valence-electron chi connectivity index (χ4n) is 2.66. The van der Waals surface area contributed by atoms with Gasteiger partial charge in [0.25, 0.3) is 0 Å². The van der Waals surface area contributed by atoms with Crippen molar-refractivity contribution in [3.05, 3.63) is 0 Å². The molecular weight excluding hydrogens is 248 g/mol. The Bertz CT molecular complexity index is 368. The third kappa shape index (κ3) is 2.83. The summed E-state index contributed by atoms with van der Waals surface area (Å²) in [4.78, 5) is 24.7. The molecule has 6 nitrogen and oxygen atoms in total. The van der Waals surface area contributed by atoms with E-state index < -0.39 is 17.5 Å². The molecule has 2 atom stereocenters. The quantitative estimate of drug-likeness (QED) is 0.702. The molecular formula is C13H22N2O4. The Balaban J connectivity index is 1.83. The maximum Gasteiger partial charge on any atom is 0.317 e. The third-order valence-electron chi connectivity index (χ3n) is 4.55. The molecule has 2 amide bonds. The molecule has 1 saturated heterocycles. The van der Waals surface area contributed by atoms with Crippen LogP contribution in [0.15, 0.2) is 0 Å². The maximum atomic E-state index is 12.0. The van der Waals surface area contributed by atoms with Gasteiger partial charge in [-0.3, -0.25) is 4.79 Å². The standard InChI is InChI=1S/C13H22N2O4/c1-9-3-6-15(7-10(9)16)12(19)14-8-13(11(17)18)4-2-5-13/h9-10,16H,2-8H2,1H3,(H,14,19)(H,17,18). The molecule has 0 aromatic rings. The minimum atomic E-state index is -0.827. The van der Waals surface area contributed by atoms with E-state index in [4.69, 9.17) is 0 Å². The van der Waals surface area contributed by atoms with E-state index in [2.05, 4.69) is 5.32 Å². The molecule has 0 aromatic carbocycles. The number of carbonyl (C=O) groups is 2. The average molecular weight is 270 g/mol. The van der Waals surface area contributed by atoms with Crippen molar-refractivity contribution in [3.63, 3.8) is 0 Å². The largest absolute Gasteiger partial charge is 0.481 e. The van der Waals surface area contributed by atoms with Crippen LogP contribution in [0.5, 0.6) is 0 Å². The number of aliphatic hydroxyl groups excluding tert-OH is 1. The van der Waals surface area contributed by atoms with Crippen LogP contribution >= 0.6 is 0 Å². The Morgan fingerprint density at radius 1 is 1.42 bits per heavy atom. The molecule has 1 aliphatic carbocycles. The van der Waals surface area contributed by atoms with Crippen LogP contribution in [-0.4, -0.2) is 52.9 Å². The fourth-order valence-corrected chi connectivity index (χ4v) is 2.66. The molecule has 2 fully saturated rings. The summed E-state index contributed by atoms with van der Waals surface area (Å²) in [5.74, 6) is -0.618. The number of piperidine rings is 1. The number of aliphatic carboxylic acids is 1. The van der Waals surface area contributed by atoms with Crippen LogP contribution in [-0.2, 0) is 4.79 Å². The highest BCUT2D eigenvalue weighted by atomic mass is 16.4. The van der Waals surface area contributed by atoms with E-state index in [1.807, 2.05) is 6.92 Å². The van der Waals surface area contributed by atoms with Gasteiger partial charge < -0.3 is 20.4 Å². The summed E-state index contributed by atoms with van der Waals surface area (Å²) in [6.45, 7) is 3.09. The number of likely N-dealkylation sites (tertiary alicyclic amines) is 1. The first-order chi connectivity index (χ1) is 8.94. The van der Waals surface area contributed by atoms with Crippen molar-refractivity contribution in [1.82, 2.24) is 10.2 Å². The molecule has 2 aliphatic rings. The Labute approximate surface area is 112 Å². The van der Waals surface area contributed by atoms with Crippen LogP contribution < -0.4 is 5.32 Å². The van der Waals surface area contributed by atoms with Gasteiger partial charge in [-0.05, 0) is 25.2 Å². The summed E-state index contributed by atoms with van der Waals surface area (Å²) in [5, 5.41) is 21.6. The predicted molar refractivity (Wildman–Crippen MR) is 68.7 cm³/mol. The smallest absolute Gasteiger partial charge is 0.317 e. The SMILES string of the molecule is CC1CCN(C(=O)NCC2(C(=O)O)CCC2)CC1O. The predicted octanol–water partition coefficient (Wildman–Crippen LogP) is 0.654. The number of carboxylic acid groups (broad SMARTS) is 1. The molecule has 3 N–H and O–H groups in total. The van der Waals surface area contributed by atoms with Crippen LogP contribution in [0.2, 0.25) is 0 Å². The van der Waals surface area contributed by atoms with E-state index in [1.165, 1.54) is 0 Å². The van der Waals surface area contributed by atoms with Crippen molar-refractivity contribution in [1.29, 1.82) is 0 Å². The fraction of sp³-hybridized carbons (Fsp3) is 0.846. The van der Waals surface area contributed by atoms with Gasteiger partial charge in [0.2, 0.25) is 0 Å². The van der Waals surface area contributed by atoms with Crippen molar-refractivity contribution in [2.24, 2.45) is 11.3 Å². The maximum absolute atomic E-state index is 12.0. The summed E-state index contributed by atoms with van der Waals surface area (Å²) >= 11 is 0. The molecule has 19 heavy (non-hydrogen) atoms. The molecule has 1 aliphatic heterocycles. The van der Waals surface area contributed by atoms with Crippen molar-refractivity contribution >= 4 is 12.0 Å². The highest BCUT2D eigenvalue weighted by Crippen LogP contribution is 2.40. The van der Waals surface area contributed by atoms with Gasteiger partial charge in [-0.1, -0.05) is 13.3 Å². The van der Waals surface area contributed by atoms with Crippen molar-refractivity contribution in [3.8, 4) is 0 Å². The minimum absolute atomic E-state index is 0.184. The van der Waals surface area contributed by atoms with E-state index in [0.29, 0.717) is 25.9 Å². The summed E-state index contributed by atoms with van der Waals surface area (Å²) in [5.41, 5.74) is -0.767. The van der Waals surface area contributed by atoms with Crippen LogP contribution in [0.25, 0.3) is 0 Å². The van der Waals surface area contributed by atoms with E-state index in [1.54, 1.807) is 4.90 Å². The zero-order valence-electron chi connectivity index (χ0n) is 11.3. The number of β-amino-alcohol motifs (C(OH)–C–C–N with tert-alkyl or cyclic N) is 1. The van der Waals surface area contributed by atoms with Crippen molar-refractivity contribution < 1.29 is 19.8 Å². The van der Waals surface area contributed by atoms with Gasteiger partial charge in [0.1, 0.15) is 0 Å². The van der Waals surface area contributed by atoms with Gasteiger partial charge >= 0.3 is 12.0 Å². The van der Waals surface area contributed by atoms with Crippen LogP contribution in [0.1, 0.15) is 32.6 Å². The number of hydrogen-bond acceptors (Lipinski definition) is 3. The highest BCUT2D eigenvalue weighted by Gasteiger charge is 2.44. The first-order valence-electron chi connectivity index (χ1n) is 6.89. The van der Waals surface area contributed by atoms with E-state index in [9.17, 15) is 19.8 Å². The molecule has 0 bridgehead atoms. The molecule has 0 radical (unpaired) electrons. The molecule has 1 heterocycles. The van der Waals surface area contributed by atoms with Crippen LogP contribution in [0.4, 0.5) is 4.79 Å². The average Bonchev–Trinajstić information content (AvgIpc) is 2.30. The number of urea groups is 1. The Morgan fingerprint density at radius 3 is 2.58 bits per heavy atom. The second-order valence-corrected chi connectivity index (χ2v) is 5.88. The third-order valence-corrected chi connectivity index (χ3v) is 4.55. The topological polar surface area (TPSA) is 89.9 Å². The van der Waals surface area contributed by atoms with Gasteiger partial charge in [0, 0.05) is 19.6 Å². The van der Waals surface area contributed by atoms with E-state index in [0.717, 1.165) is 12.8 Å². The van der Waals surface area contributed by atoms with Crippen molar-refractivity contribution in [2.75, 3.05) is 19.6 Å². The number of nitrogens with one attached hydrogen (secondary N) is 1. The Hall–Kier alpha value is -1.30. The Morgan fingerprint density at radius 2 is 2.11 bits per heavy atom. The zero-order valence-corrected chi connectivity index (χ0v) is 11.3.